The van der Waals surface area contributed by atoms with Crippen molar-refractivity contribution < 1.29 is 0 Å². The molecule has 2 nitrogen and oxygen atoms in total. The molecule has 0 radical (unpaired) electrons. The summed E-state index contributed by atoms with van der Waals surface area (Å²) in [7, 11) is 0.712. The van der Waals surface area contributed by atoms with Crippen LogP contribution in [0.25, 0.3) is 0 Å². The number of nitrogens with zero attached hydrogens (tertiary/aromatic N) is 2. The van der Waals surface area contributed by atoms with Gasteiger partial charge in [-0.05, 0) is 12.8 Å². The van der Waals surface area contributed by atoms with Gasteiger partial charge < -0.3 is 0 Å². The Balaban J connectivity index is 2.29. The topological polar surface area (TPSA) is 17.8 Å². The molecule has 1 saturated carbocycles. The highest BCUT2D eigenvalue weighted by Gasteiger charge is 2.28. The average Bonchev–Trinajstić information content (AvgIpc) is 2.86. The predicted molar refractivity (Wildman–Crippen MR) is 65.4 cm³/mol. The fourth-order valence-electron chi connectivity index (χ4n) is 1.52. The zero-order chi connectivity index (χ0) is 11.1. The van der Waals surface area contributed by atoms with Crippen LogP contribution in [0.2, 0.25) is 19.6 Å². The Morgan fingerprint density at radius 1 is 1.40 bits per heavy atom. The molecule has 2 rings (SSSR count). The molecule has 0 spiro atoms. The fourth-order valence-corrected chi connectivity index (χ4v) is 2.02. The van der Waals surface area contributed by atoms with Crippen LogP contribution < -0.4 is 0 Å². The largest absolute Gasteiger partial charge is 0.274 e. The van der Waals surface area contributed by atoms with E-state index in [1.807, 2.05) is 11.7 Å². The van der Waals surface area contributed by atoms with Gasteiger partial charge in [0.1, 0.15) is 8.07 Å². The molecule has 0 unspecified atom stereocenters. The molecule has 0 saturated heterocycles. The van der Waals surface area contributed by atoms with Crippen molar-refractivity contribution in [2.75, 3.05) is 0 Å². The molecule has 0 bridgehead atoms. The Kier molecular flexibility index (Phi) is 2.47. The van der Waals surface area contributed by atoms with Crippen LogP contribution in [-0.4, -0.2) is 17.9 Å². The van der Waals surface area contributed by atoms with Crippen LogP contribution >= 0.6 is 0 Å². The molecule has 1 heterocycles. The molecule has 1 aromatic heterocycles. The maximum absolute atomic E-state index is 4.50. The highest BCUT2D eigenvalue weighted by atomic mass is 28.3. The Labute approximate surface area is 92.7 Å². The second kappa shape index (κ2) is 3.53. The molecule has 0 atom stereocenters. The van der Waals surface area contributed by atoms with Crippen molar-refractivity contribution in [3.05, 3.63) is 17.5 Å². The molecule has 0 aromatic carbocycles. The molecule has 15 heavy (non-hydrogen) atoms. The number of hydrogen-bond acceptors (Lipinski definition) is 1. The Bertz CT molecular complexity index is 425. The van der Waals surface area contributed by atoms with E-state index in [2.05, 4.69) is 42.4 Å². The van der Waals surface area contributed by atoms with Crippen LogP contribution in [-0.2, 0) is 7.05 Å². The first-order valence-electron chi connectivity index (χ1n) is 5.52. The van der Waals surface area contributed by atoms with E-state index in [9.17, 15) is 0 Å². The van der Waals surface area contributed by atoms with Crippen molar-refractivity contribution in [2.24, 2.45) is 7.05 Å². The second-order valence-corrected chi connectivity index (χ2v) is 10.1. The monoisotopic (exact) mass is 218 g/mol. The normalized spacial score (nSPS) is 16.0. The van der Waals surface area contributed by atoms with Crippen LogP contribution in [0.1, 0.15) is 30.0 Å². The molecule has 1 aliphatic carbocycles. The van der Waals surface area contributed by atoms with E-state index in [0.29, 0.717) is 5.92 Å². The summed E-state index contributed by atoms with van der Waals surface area (Å²) in [4.78, 5) is 0. The summed E-state index contributed by atoms with van der Waals surface area (Å²) < 4.78 is 1.89. The minimum absolute atomic E-state index is 0.692. The van der Waals surface area contributed by atoms with Gasteiger partial charge in [0.05, 0.1) is 11.3 Å². The highest BCUT2D eigenvalue weighted by molar-refractivity contribution is 6.83. The van der Waals surface area contributed by atoms with Gasteiger partial charge in [0, 0.05) is 19.2 Å². The fraction of sp³-hybridized carbons (Fsp3) is 0.583. The van der Waals surface area contributed by atoms with Crippen molar-refractivity contribution in [3.63, 3.8) is 0 Å². The zero-order valence-corrected chi connectivity index (χ0v) is 11.0. The van der Waals surface area contributed by atoms with Crippen LogP contribution in [0.4, 0.5) is 0 Å². The van der Waals surface area contributed by atoms with E-state index in [1.165, 1.54) is 18.5 Å². The van der Waals surface area contributed by atoms with Crippen molar-refractivity contribution in [1.29, 1.82) is 0 Å². The van der Waals surface area contributed by atoms with Gasteiger partial charge in [-0.25, -0.2) is 0 Å². The summed E-state index contributed by atoms with van der Waals surface area (Å²) in [5, 5.41) is 4.50. The number of aryl methyl sites for hydroxylation is 1. The third-order valence-corrected chi connectivity index (χ3v) is 3.27. The number of rotatable bonds is 1. The number of aromatic nitrogens is 2. The Morgan fingerprint density at radius 3 is 2.60 bits per heavy atom. The summed E-state index contributed by atoms with van der Waals surface area (Å²) in [5.41, 5.74) is 5.79. The maximum atomic E-state index is 4.50. The summed E-state index contributed by atoms with van der Waals surface area (Å²) in [6, 6.07) is 0. The van der Waals surface area contributed by atoms with Gasteiger partial charge in [-0.15, -0.1) is 5.54 Å². The van der Waals surface area contributed by atoms with Gasteiger partial charge in [-0.3, -0.25) is 4.68 Å². The van der Waals surface area contributed by atoms with Crippen LogP contribution in [0.5, 0.6) is 0 Å². The maximum Gasteiger partial charge on any atom is 0.129 e. The molecular formula is C12H18N2Si. The quantitative estimate of drug-likeness (QED) is 0.523. The molecule has 3 heteroatoms. The number of hydrogen-bond donors (Lipinski definition) is 0. The van der Waals surface area contributed by atoms with E-state index in [4.69, 9.17) is 0 Å². The first-order chi connectivity index (χ1) is 6.96. The molecule has 1 aliphatic rings. The lowest BCUT2D eigenvalue weighted by Gasteiger charge is -2.03. The molecule has 0 aliphatic heterocycles. The standard InChI is InChI=1S/C12H18N2Si/c1-14-9-11(7-8-15(2,3)4)12(13-14)10-5-6-10/h9-10H,5-6H2,1-4H3. The van der Waals surface area contributed by atoms with E-state index >= 15 is 0 Å². The third kappa shape index (κ3) is 2.72. The van der Waals surface area contributed by atoms with Gasteiger partial charge in [-0.2, -0.15) is 5.10 Å². The molecule has 0 N–H and O–H groups in total. The summed E-state index contributed by atoms with van der Waals surface area (Å²) in [6.45, 7) is 6.81. The summed E-state index contributed by atoms with van der Waals surface area (Å²) in [6.07, 6.45) is 4.64. The summed E-state index contributed by atoms with van der Waals surface area (Å²) >= 11 is 0. The molecule has 0 amide bonds. The Hall–Kier alpha value is -1.01. The highest BCUT2D eigenvalue weighted by Crippen LogP contribution is 2.40. The zero-order valence-electron chi connectivity index (χ0n) is 9.96. The lowest BCUT2D eigenvalue weighted by atomic mass is 10.2. The van der Waals surface area contributed by atoms with E-state index in [0.717, 1.165) is 5.56 Å². The minimum Gasteiger partial charge on any atom is -0.274 e. The Morgan fingerprint density at radius 2 is 2.07 bits per heavy atom. The smallest absolute Gasteiger partial charge is 0.129 e. The average molecular weight is 218 g/mol. The second-order valence-electron chi connectivity index (χ2n) is 5.38. The molecule has 1 fully saturated rings. The first kappa shape index (κ1) is 10.5. The van der Waals surface area contributed by atoms with Crippen LogP contribution in [0.3, 0.4) is 0 Å². The third-order valence-electron chi connectivity index (χ3n) is 2.39. The van der Waals surface area contributed by atoms with Gasteiger partial charge in [0.2, 0.25) is 0 Å². The first-order valence-corrected chi connectivity index (χ1v) is 9.02. The lowest BCUT2D eigenvalue weighted by molar-refractivity contribution is 0.744. The van der Waals surface area contributed by atoms with Crippen molar-refractivity contribution in [1.82, 2.24) is 9.78 Å². The minimum atomic E-state index is -1.27. The van der Waals surface area contributed by atoms with Crippen molar-refractivity contribution >= 4 is 8.07 Å². The molecular weight excluding hydrogens is 200 g/mol. The van der Waals surface area contributed by atoms with Crippen molar-refractivity contribution in [2.45, 2.75) is 38.4 Å². The van der Waals surface area contributed by atoms with Gasteiger partial charge in [-0.1, -0.05) is 25.6 Å². The van der Waals surface area contributed by atoms with Crippen LogP contribution in [0, 0.1) is 11.5 Å². The lowest BCUT2D eigenvalue weighted by Crippen LogP contribution is -2.16. The van der Waals surface area contributed by atoms with Crippen molar-refractivity contribution in [3.8, 4) is 11.5 Å². The van der Waals surface area contributed by atoms with Gasteiger partial charge >= 0.3 is 0 Å². The summed E-state index contributed by atoms with van der Waals surface area (Å²) in [5.74, 6) is 4.02. The van der Waals surface area contributed by atoms with Gasteiger partial charge in [0.25, 0.3) is 0 Å². The molecule has 1 aromatic rings. The SMILES string of the molecule is Cn1cc(C#C[Si](C)(C)C)c(C2CC2)n1. The van der Waals surface area contributed by atoms with E-state index in [1.54, 1.807) is 0 Å². The van der Waals surface area contributed by atoms with Crippen LogP contribution in [0.15, 0.2) is 6.20 Å². The van der Waals surface area contributed by atoms with Gasteiger partial charge in [0.15, 0.2) is 0 Å². The van der Waals surface area contributed by atoms with E-state index in [-0.39, 0.29) is 0 Å². The van der Waals surface area contributed by atoms with E-state index < -0.39 is 8.07 Å². The molecule has 80 valence electrons. The predicted octanol–water partition coefficient (Wildman–Crippen LogP) is 2.53.